The second-order valence-corrected chi connectivity index (χ2v) is 8.48. The normalized spacial score (nSPS) is 15.6. The van der Waals surface area contributed by atoms with E-state index in [-0.39, 0.29) is 24.5 Å². The van der Waals surface area contributed by atoms with Gasteiger partial charge in [-0.1, -0.05) is 26.0 Å². The predicted octanol–water partition coefficient (Wildman–Crippen LogP) is -0.752. The summed E-state index contributed by atoms with van der Waals surface area (Å²) in [5.41, 5.74) is 6.08. The van der Waals surface area contributed by atoms with E-state index >= 15 is 0 Å². The van der Waals surface area contributed by atoms with Crippen LogP contribution in [0.5, 0.6) is 5.75 Å². The van der Waals surface area contributed by atoms with Crippen LogP contribution in [0, 0.1) is 5.92 Å². The SMILES string of the molecule is CC(C)CC(NC(=O)C(NC(=O)C(C)N)C(C)O)C(=O)NC(Cc1ccc(O)cc1)C(=O)O. The van der Waals surface area contributed by atoms with Crippen LogP contribution in [0.15, 0.2) is 24.3 Å². The Balaban J connectivity index is 2.98. The molecule has 0 heterocycles. The highest BCUT2D eigenvalue weighted by molar-refractivity contribution is 5.94. The van der Waals surface area contributed by atoms with Crippen molar-refractivity contribution in [3.05, 3.63) is 29.8 Å². The van der Waals surface area contributed by atoms with Gasteiger partial charge in [-0.2, -0.15) is 0 Å². The second kappa shape index (κ2) is 12.8. The molecule has 11 heteroatoms. The third kappa shape index (κ3) is 9.46. The first-order valence-electron chi connectivity index (χ1n) is 10.7. The van der Waals surface area contributed by atoms with Crippen molar-refractivity contribution in [3.63, 3.8) is 0 Å². The third-order valence-electron chi connectivity index (χ3n) is 4.81. The Hall–Kier alpha value is -3.18. The van der Waals surface area contributed by atoms with Crippen molar-refractivity contribution >= 4 is 23.7 Å². The van der Waals surface area contributed by atoms with Crippen molar-refractivity contribution in [3.8, 4) is 5.75 Å². The number of nitrogens with two attached hydrogens (primary N) is 1. The number of amides is 3. The van der Waals surface area contributed by atoms with Gasteiger partial charge in [0.2, 0.25) is 17.7 Å². The fourth-order valence-electron chi connectivity index (χ4n) is 2.99. The molecule has 5 unspecified atom stereocenters. The number of aliphatic hydroxyl groups excluding tert-OH is 1. The number of phenolic OH excluding ortho intramolecular Hbond substituents is 1. The average molecular weight is 467 g/mol. The smallest absolute Gasteiger partial charge is 0.326 e. The molecule has 3 amide bonds. The molecule has 8 N–H and O–H groups in total. The van der Waals surface area contributed by atoms with E-state index in [9.17, 15) is 34.5 Å². The number of carboxylic acid groups (broad SMARTS) is 1. The van der Waals surface area contributed by atoms with Crippen molar-refractivity contribution in [2.24, 2.45) is 11.7 Å². The van der Waals surface area contributed by atoms with E-state index in [0.29, 0.717) is 5.56 Å². The molecule has 5 atom stereocenters. The number of rotatable bonds is 12. The minimum Gasteiger partial charge on any atom is -0.508 e. The summed E-state index contributed by atoms with van der Waals surface area (Å²) in [5, 5.41) is 36.1. The van der Waals surface area contributed by atoms with E-state index in [1.807, 2.05) is 13.8 Å². The van der Waals surface area contributed by atoms with Gasteiger partial charge in [-0.05, 0) is 43.9 Å². The number of carbonyl (C=O) groups is 4. The molecule has 0 aliphatic carbocycles. The summed E-state index contributed by atoms with van der Waals surface area (Å²) >= 11 is 0. The van der Waals surface area contributed by atoms with Gasteiger partial charge in [0.05, 0.1) is 12.1 Å². The highest BCUT2D eigenvalue weighted by atomic mass is 16.4. The second-order valence-electron chi connectivity index (χ2n) is 8.48. The van der Waals surface area contributed by atoms with Gasteiger partial charge >= 0.3 is 5.97 Å². The molecule has 0 spiro atoms. The Morgan fingerprint density at radius 3 is 1.88 bits per heavy atom. The van der Waals surface area contributed by atoms with Crippen LogP contribution < -0.4 is 21.7 Å². The van der Waals surface area contributed by atoms with E-state index in [1.54, 1.807) is 12.1 Å². The number of carbonyl (C=O) groups excluding carboxylic acids is 3. The summed E-state index contributed by atoms with van der Waals surface area (Å²) in [4.78, 5) is 49.2. The monoisotopic (exact) mass is 466 g/mol. The van der Waals surface area contributed by atoms with Crippen LogP contribution >= 0.6 is 0 Å². The van der Waals surface area contributed by atoms with E-state index in [0.717, 1.165) is 0 Å². The van der Waals surface area contributed by atoms with Crippen molar-refractivity contribution < 1.29 is 34.5 Å². The van der Waals surface area contributed by atoms with Gasteiger partial charge in [0.1, 0.15) is 23.9 Å². The molecule has 0 bridgehead atoms. The maximum atomic E-state index is 12.9. The molecule has 1 aromatic carbocycles. The molecule has 0 radical (unpaired) electrons. The number of aromatic hydroxyl groups is 1. The zero-order valence-corrected chi connectivity index (χ0v) is 19.2. The molecule has 184 valence electrons. The zero-order valence-electron chi connectivity index (χ0n) is 19.2. The first kappa shape index (κ1) is 27.9. The Morgan fingerprint density at radius 1 is 0.879 bits per heavy atom. The lowest BCUT2D eigenvalue weighted by molar-refractivity contribution is -0.142. The molecule has 0 saturated carbocycles. The van der Waals surface area contributed by atoms with E-state index in [2.05, 4.69) is 16.0 Å². The maximum absolute atomic E-state index is 12.9. The minimum atomic E-state index is -1.35. The Bertz CT molecular complexity index is 825. The number of hydrogen-bond acceptors (Lipinski definition) is 7. The van der Waals surface area contributed by atoms with Crippen LogP contribution in [0.4, 0.5) is 0 Å². The number of benzene rings is 1. The molecule has 11 nitrogen and oxygen atoms in total. The van der Waals surface area contributed by atoms with E-state index < -0.39 is 54.0 Å². The zero-order chi connectivity index (χ0) is 25.3. The van der Waals surface area contributed by atoms with Crippen LogP contribution in [-0.2, 0) is 25.6 Å². The fourth-order valence-corrected chi connectivity index (χ4v) is 2.99. The lowest BCUT2D eigenvalue weighted by Gasteiger charge is -2.27. The molecular formula is C22H34N4O7. The molecule has 1 aromatic rings. The van der Waals surface area contributed by atoms with Crippen LogP contribution in [0.3, 0.4) is 0 Å². The number of hydrogen-bond donors (Lipinski definition) is 7. The first-order chi connectivity index (χ1) is 15.3. The summed E-state index contributed by atoms with van der Waals surface area (Å²) in [7, 11) is 0. The van der Waals surface area contributed by atoms with Crippen LogP contribution in [0.2, 0.25) is 0 Å². The number of aliphatic hydroxyl groups is 1. The topological polar surface area (TPSA) is 191 Å². The predicted molar refractivity (Wildman–Crippen MR) is 120 cm³/mol. The maximum Gasteiger partial charge on any atom is 0.326 e. The van der Waals surface area contributed by atoms with Crippen LogP contribution in [0.1, 0.15) is 39.7 Å². The van der Waals surface area contributed by atoms with Gasteiger partial charge in [0.15, 0.2) is 0 Å². The van der Waals surface area contributed by atoms with Crippen molar-refractivity contribution in [1.82, 2.24) is 16.0 Å². The number of aliphatic carboxylic acids is 1. The van der Waals surface area contributed by atoms with Crippen molar-refractivity contribution in [1.29, 1.82) is 0 Å². The van der Waals surface area contributed by atoms with Crippen molar-refractivity contribution in [2.45, 2.75) is 70.8 Å². The molecule has 0 aromatic heterocycles. The van der Waals surface area contributed by atoms with Gasteiger partial charge < -0.3 is 37.0 Å². The highest BCUT2D eigenvalue weighted by Crippen LogP contribution is 2.12. The molecule has 0 aliphatic heterocycles. The van der Waals surface area contributed by atoms with Gasteiger partial charge in [-0.25, -0.2) is 4.79 Å². The quantitative estimate of drug-likeness (QED) is 0.209. The molecule has 33 heavy (non-hydrogen) atoms. The number of carboxylic acids is 1. The fraction of sp³-hybridized carbons (Fsp3) is 0.545. The van der Waals surface area contributed by atoms with E-state index in [1.165, 1.54) is 26.0 Å². The number of nitrogens with one attached hydrogen (secondary N) is 3. The van der Waals surface area contributed by atoms with Crippen molar-refractivity contribution in [2.75, 3.05) is 0 Å². The molecule has 1 rings (SSSR count). The van der Waals surface area contributed by atoms with E-state index in [4.69, 9.17) is 5.73 Å². The summed E-state index contributed by atoms with van der Waals surface area (Å²) in [6, 6.07) is 1.25. The van der Waals surface area contributed by atoms with Gasteiger partial charge in [-0.3, -0.25) is 14.4 Å². The standard InChI is InChI=1S/C22H34N4O7/c1-11(2)9-16(24-21(31)18(13(4)27)26-19(29)12(3)23)20(30)25-17(22(32)33)10-14-5-7-15(28)8-6-14/h5-8,11-13,16-18,27-28H,9-10,23H2,1-4H3,(H,24,31)(H,25,30)(H,26,29)(H,32,33). The average Bonchev–Trinajstić information content (AvgIpc) is 2.71. The Labute approximate surface area is 192 Å². The Kier molecular flexibility index (Phi) is 10.8. The van der Waals surface area contributed by atoms with Gasteiger partial charge in [0, 0.05) is 6.42 Å². The summed E-state index contributed by atoms with van der Waals surface area (Å²) in [5.74, 6) is -3.45. The third-order valence-corrected chi connectivity index (χ3v) is 4.81. The van der Waals surface area contributed by atoms with Crippen LogP contribution in [0.25, 0.3) is 0 Å². The van der Waals surface area contributed by atoms with Crippen LogP contribution in [-0.4, -0.2) is 69.3 Å². The summed E-state index contributed by atoms with van der Waals surface area (Å²) in [6.45, 7) is 6.37. The Morgan fingerprint density at radius 2 is 1.42 bits per heavy atom. The summed E-state index contributed by atoms with van der Waals surface area (Å²) < 4.78 is 0. The van der Waals surface area contributed by atoms with Gasteiger partial charge in [-0.15, -0.1) is 0 Å². The molecule has 0 saturated heterocycles. The largest absolute Gasteiger partial charge is 0.508 e. The minimum absolute atomic E-state index is 0.0261. The first-order valence-corrected chi connectivity index (χ1v) is 10.7. The highest BCUT2D eigenvalue weighted by Gasteiger charge is 2.32. The number of phenols is 1. The molecular weight excluding hydrogens is 432 g/mol. The summed E-state index contributed by atoms with van der Waals surface area (Å²) in [6.07, 6.45) is -1.11. The van der Waals surface area contributed by atoms with Gasteiger partial charge in [0.25, 0.3) is 0 Å². The molecule has 0 aliphatic rings. The lowest BCUT2D eigenvalue weighted by atomic mass is 10.0. The lowest BCUT2D eigenvalue weighted by Crippen LogP contribution is -2.59. The molecule has 0 fully saturated rings.